The highest BCUT2D eigenvalue weighted by atomic mass is 32.2. The summed E-state index contributed by atoms with van der Waals surface area (Å²) in [5.74, 6) is 0.854. The molecule has 0 spiro atoms. The molecule has 0 unspecified atom stereocenters. The number of aromatic nitrogens is 1. The van der Waals surface area contributed by atoms with Gasteiger partial charge in [-0.2, -0.15) is 0 Å². The van der Waals surface area contributed by atoms with Gasteiger partial charge in [-0.05, 0) is 66.1 Å². The minimum atomic E-state index is -2.94. The van der Waals surface area contributed by atoms with E-state index in [0.29, 0.717) is 30.5 Å². The van der Waals surface area contributed by atoms with Crippen LogP contribution in [0.5, 0.6) is 5.75 Å². The molecule has 1 saturated heterocycles. The molecule has 0 aliphatic carbocycles. The van der Waals surface area contributed by atoms with E-state index in [-0.39, 0.29) is 17.4 Å². The monoisotopic (exact) mass is 426 g/mol. The molecule has 2 aromatic carbocycles. The molecule has 0 bridgehead atoms. The number of H-pyrrole nitrogens is 1. The van der Waals surface area contributed by atoms with Crippen LogP contribution in [0.4, 0.5) is 0 Å². The first-order valence-corrected chi connectivity index (χ1v) is 12.1. The fourth-order valence-corrected chi connectivity index (χ4v) is 5.61. The minimum Gasteiger partial charge on any atom is -0.494 e. The Kier molecular flexibility index (Phi) is 5.56. The number of hydrogen-bond acceptors (Lipinski definition) is 4. The lowest BCUT2D eigenvalue weighted by Crippen LogP contribution is -2.22. The van der Waals surface area contributed by atoms with Gasteiger partial charge in [-0.3, -0.25) is 4.79 Å². The minimum absolute atomic E-state index is 0.142. The summed E-state index contributed by atoms with van der Waals surface area (Å²) in [6.07, 6.45) is 4.02. The van der Waals surface area contributed by atoms with E-state index in [1.165, 1.54) is 0 Å². The molecule has 2 heterocycles. The Hall–Kier alpha value is -2.80. The molecule has 1 fully saturated rings. The maximum Gasteiger partial charge on any atom is 0.250 e. The van der Waals surface area contributed by atoms with Crippen molar-refractivity contribution >= 4 is 26.6 Å². The standard InChI is InChI=1S/C23H26N2O4S/c1-2-9-29-18-5-3-15(4-6-18)17-12-19-21(16-7-10-30(27,28)11-8-16)14-25-22(19)20(13-17)23(24)26/h3-6,12-14,16,25H,2,7-11H2,1H3,(H2,24,26). The smallest absolute Gasteiger partial charge is 0.250 e. The molecular formula is C23H26N2O4S. The van der Waals surface area contributed by atoms with Crippen molar-refractivity contribution in [2.45, 2.75) is 32.1 Å². The molecule has 1 aliphatic heterocycles. The number of aromatic amines is 1. The van der Waals surface area contributed by atoms with Gasteiger partial charge in [0, 0.05) is 11.6 Å². The number of carbonyl (C=O) groups excluding carboxylic acids is 1. The maximum atomic E-state index is 12.1. The number of sulfone groups is 1. The Morgan fingerprint density at radius 2 is 1.83 bits per heavy atom. The van der Waals surface area contributed by atoms with Crippen LogP contribution in [0.25, 0.3) is 22.0 Å². The van der Waals surface area contributed by atoms with Crippen molar-refractivity contribution in [3.8, 4) is 16.9 Å². The Morgan fingerprint density at radius 1 is 1.13 bits per heavy atom. The van der Waals surface area contributed by atoms with Crippen LogP contribution in [0.15, 0.2) is 42.6 Å². The third-order valence-electron chi connectivity index (χ3n) is 5.74. The average molecular weight is 427 g/mol. The molecule has 0 saturated carbocycles. The first-order valence-electron chi connectivity index (χ1n) is 10.3. The number of ether oxygens (including phenoxy) is 1. The highest BCUT2D eigenvalue weighted by Gasteiger charge is 2.27. The van der Waals surface area contributed by atoms with Crippen molar-refractivity contribution in [3.05, 3.63) is 53.7 Å². The van der Waals surface area contributed by atoms with Crippen LogP contribution >= 0.6 is 0 Å². The van der Waals surface area contributed by atoms with E-state index >= 15 is 0 Å². The van der Waals surface area contributed by atoms with Gasteiger partial charge in [0.1, 0.15) is 15.6 Å². The van der Waals surface area contributed by atoms with Crippen molar-refractivity contribution in [3.63, 3.8) is 0 Å². The third kappa shape index (κ3) is 4.07. The first kappa shape index (κ1) is 20.5. The molecular weight excluding hydrogens is 400 g/mol. The second-order valence-electron chi connectivity index (χ2n) is 7.85. The number of rotatable bonds is 6. The van der Waals surface area contributed by atoms with Crippen LogP contribution < -0.4 is 10.5 Å². The van der Waals surface area contributed by atoms with Crippen LogP contribution in [0.2, 0.25) is 0 Å². The Morgan fingerprint density at radius 3 is 2.47 bits per heavy atom. The molecule has 3 N–H and O–H groups in total. The van der Waals surface area contributed by atoms with Gasteiger partial charge in [-0.15, -0.1) is 0 Å². The van der Waals surface area contributed by atoms with E-state index < -0.39 is 15.7 Å². The molecule has 1 amide bonds. The van der Waals surface area contributed by atoms with Crippen molar-refractivity contribution in [1.29, 1.82) is 0 Å². The van der Waals surface area contributed by atoms with E-state index in [4.69, 9.17) is 10.5 Å². The zero-order chi connectivity index (χ0) is 21.3. The first-order chi connectivity index (χ1) is 14.4. The van der Waals surface area contributed by atoms with Gasteiger partial charge in [0.2, 0.25) is 0 Å². The van der Waals surface area contributed by atoms with Crippen LogP contribution in [0.3, 0.4) is 0 Å². The highest BCUT2D eigenvalue weighted by Crippen LogP contribution is 2.37. The van der Waals surface area contributed by atoms with Gasteiger partial charge >= 0.3 is 0 Å². The van der Waals surface area contributed by atoms with Gasteiger partial charge in [0.25, 0.3) is 5.91 Å². The average Bonchev–Trinajstić information content (AvgIpc) is 3.16. The van der Waals surface area contributed by atoms with E-state index in [1.807, 2.05) is 30.5 Å². The summed E-state index contributed by atoms with van der Waals surface area (Å²) in [5.41, 5.74) is 9.71. The van der Waals surface area contributed by atoms with Gasteiger partial charge in [0.05, 0.1) is 29.2 Å². The number of benzene rings is 2. The summed E-state index contributed by atoms with van der Waals surface area (Å²) in [7, 11) is -2.94. The lowest BCUT2D eigenvalue weighted by molar-refractivity contribution is 0.100. The van der Waals surface area contributed by atoms with Crippen LogP contribution in [-0.4, -0.2) is 37.4 Å². The zero-order valence-electron chi connectivity index (χ0n) is 17.0. The number of nitrogens with one attached hydrogen (secondary N) is 1. The lowest BCUT2D eigenvalue weighted by Gasteiger charge is -2.21. The van der Waals surface area contributed by atoms with Crippen LogP contribution in [0.1, 0.15) is 48.0 Å². The number of fused-ring (bicyclic) bond motifs is 1. The van der Waals surface area contributed by atoms with E-state index in [2.05, 4.69) is 18.0 Å². The molecule has 0 radical (unpaired) electrons. The molecule has 3 aromatic rings. The molecule has 0 atom stereocenters. The second-order valence-corrected chi connectivity index (χ2v) is 10.2. The summed E-state index contributed by atoms with van der Waals surface area (Å²) >= 11 is 0. The summed E-state index contributed by atoms with van der Waals surface area (Å²) in [5, 5.41) is 0.928. The van der Waals surface area contributed by atoms with Crippen molar-refractivity contribution in [2.75, 3.05) is 18.1 Å². The van der Waals surface area contributed by atoms with Gasteiger partial charge < -0.3 is 15.5 Å². The molecule has 30 heavy (non-hydrogen) atoms. The summed E-state index contributed by atoms with van der Waals surface area (Å²) in [6.45, 7) is 2.73. The predicted octanol–water partition coefficient (Wildman–Crippen LogP) is 4.01. The van der Waals surface area contributed by atoms with Gasteiger partial charge in [-0.1, -0.05) is 19.1 Å². The number of nitrogens with two attached hydrogens (primary N) is 1. The van der Waals surface area contributed by atoms with E-state index in [9.17, 15) is 13.2 Å². The summed E-state index contributed by atoms with van der Waals surface area (Å²) in [4.78, 5) is 15.3. The lowest BCUT2D eigenvalue weighted by atomic mass is 9.91. The molecule has 1 aliphatic rings. The molecule has 6 nitrogen and oxygen atoms in total. The normalized spacial score (nSPS) is 16.6. The van der Waals surface area contributed by atoms with Crippen molar-refractivity contribution < 1.29 is 17.9 Å². The highest BCUT2D eigenvalue weighted by molar-refractivity contribution is 7.91. The summed E-state index contributed by atoms with van der Waals surface area (Å²) in [6, 6.07) is 11.6. The fraction of sp³-hybridized carbons (Fsp3) is 0.348. The van der Waals surface area contributed by atoms with Gasteiger partial charge in [-0.25, -0.2) is 8.42 Å². The molecule has 7 heteroatoms. The van der Waals surface area contributed by atoms with E-state index in [1.54, 1.807) is 6.07 Å². The molecule has 1 aromatic heterocycles. The maximum absolute atomic E-state index is 12.1. The molecule has 4 rings (SSSR count). The van der Waals surface area contributed by atoms with Crippen LogP contribution in [-0.2, 0) is 9.84 Å². The second kappa shape index (κ2) is 8.14. The topological polar surface area (TPSA) is 102 Å². The Labute approximate surface area is 176 Å². The van der Waals surface area contributed by atoms with Crippen LogP contribution in [0, 0.1) is 0 Å². The predicted molar refractivity (Wildman–Crippen MR) is 119 cm³/mol. The Balaban J connectivity index is 1.75. The Bertz CT molecular complexity index is 1170. The largest absolute Gasteiger partial charge is 0.494 e. The summed E-state index contributed by atoms with van der Waals surface area (Å²) < 4.78 is 29.3. The SMILES string of the molecule is CCCOc1ccc(-c2cc(C(N)=O)c3[nH]cc(C4CCS(=O)(=O)CC4)c3c2)cc1. The number of hydrogen-bond donors (Lipinski definition) is 2. The zero-order valence-corrected chi connectivity index (χ0v) is 17.8. The number of carbonyl (C=O) groups is 1. The quantitative estimate of drug-likeness (QED) is 0.621. The van der Waals surface area contributed by atoms with Crippen molar-refractivity contribution in [2.24, 2.45) is 5.73 Å². The van der Waals surface area contributed by atoms with E-state index in [0.717, 1.165) is 34.2 Å². The number of primary amides is 1. The molecule has 158 valence electrons. The third-order valence-corrected chi connectivity index (χ3v) is 7.46. The van der Waals surface area contributed by atoms with Crippen molar-refractivity contribution in [1.82, 2.24) is 4.98 Å². The van der Waals surface area contributed by atoms with Gasteiger partial charge in [0.15, 0.2) is 0 Å². The number of amides is 1. The fourth-order valence-electron chi connectivity index (χ4n) is 4.12.